The summed E-state index contributed by atoms with van der Waals surface area (Å²) in [5.41, 5.74) is 0.881. The number of carbonyl (C=O) groups is 4. The van der Waals surface area contributed by atoms with Crippen molar-refractivity contribution in [2.24, 2.45) is 0 Å². The molecule has 0 radical (unpaired) electrons. The van der Waals surface area contributed by atoms with Gasteiger partial charge in [-0.15, -0.1) is 0 Å². The molecule has 0 spiro atoms. The molecule has 0 heterocycles. The van der Waals surface area contributed by atoms with Crippen LogP contribution in [0.2, 0.25) is 5.02 Å². The van der Waals surface area contributed by atoms with Gasteiger partial charge in [-0.05, 0) is 48.0 Å². The van der Waals surface area contributed by atoms with E-state index in [2.05, 4.69) is 16.0 Å². The average molecular weight is 586 g/mol. The smallest absolute Gasteiger partial charge is 0.328 e. The van der Waals surface area contributed by atoms with Crippen LogP contribution in [-0.2, 0) is 11.3 Å². The summed E-state index contributed by atoms with van der Waals surface area (Å²) in [6.07, 6.45) is 0. The zero-order valence-corrected chi connectivity index (χ0v) is 23.1. The molecule has 0 aliphatic carbocycles. The molecule has 1 atom stereocenters. The van der Waals surface area contributed by atoms with Gasteiger partial charge in [-0.1, -0.05) is 23.7 Å². The van der Waals surface area contributed by atoms with Crippen LogP contribution in [0.5, 0.6) is 23.0 Å². The number of nitrogens with one attached hydrogen (secondary N) is 3. The quantitative estimate of drug-likeness (QED) is 0.214. The van der Waals surface area contributed by atoms with E-state index in [1.165, 1.54) is 63.8 Å². The van der Waals surface area contributed by atoms with Crippen LogP contribution in [-0.4, -0.2) is 67.8 Å². The van der Waals surface area contributed by atoms with Crippen molar-refractivity contribution < 1.29 is 43.6 Å². The average Bonchev–Trinajstić information content (AvgIpc) is 2.96. The van der Waals surface area contributed by atoms with Crippen LogP contribution in [0.4, 0.5) is 0 Å². The number of ether oxygens (including phenoxy) is 3. The minimum Gasteiger partial charge on any atom is -0.508 e. The number of halogens is 1. The van der Waals surface area contributed by atoms with Crippen molar-refractivity contribution in [1.82, 2.24) is 16.0 Å². The Labute approximate surface area is 240 Å². The van der Waals surface area contributed by atoms with Crippen LogP contribution in [0.15, 0.2) is 54.6 Å². The van der Waals surface area contributed by atoms with E-state index >= 15 is 0 Å². The molecule has 216 valence electrons. The van der Waals surface area contributed by atoms with Crippen LogP contribution < -0.4 is 30.2 Å². The minimum absolute atomic E-state index is 0.0654. The van der Waals surface area contributed by atoms with Crippen molar-refractivity contribution in [2.45, 2.75) is 12.6 Å². The Morgan fingerprint density at radius 3 is 2.05 bits per heavy atom. The molecule has 13 heteroatoms. The number of carbonyl (C=O) groups excluding carboxylic acids is 3. The Balaban J connectivity index is 1.65. The summed E-state index contributed by atoms with van der Waals surface area (Å²) in [4.78, 5) is 49.9. The van der Waals surface area contributed by atoms with Crippen molar-refractivity contribution in [1.29, 1.82) is 0 Å². The lowest BCUT2D eigenvalue weighted by Crippen LogP contribution is -2.48. The Bertz CT molecular complexity index is 1440. The predicted molar refractivity (Wildman–Crippen MR) is 148 cm³/mol. The number of hydrogen-bond acceptors (Lipinski definition) is 8. The van der Waals surface area contributed by atoms with E-state index in [1.807, 2.05) is 0 Å². The van der Waals surface area contributed by atoms with Crippen molar-refractivity contribution >= 4 is 35.3 Å². The number of aromatic hydroxyl groups is 1. The fourth-order valence-electron chi connectivity index (χ4n) is 3.74. The predicted octanol–water partition coefficient (Wildman–Crippen LogP) is 2.61. The summed E-state index contributed by atoms with van der Waals surface area (Å²) in [7, 11) is 4.18. The number of amides is 3. The van der Waals surface area contributed by atoms with Crippen LogP contribution in [0.25, 0.3) is 0 Å². The highest BCUT2D eigenvalue weighted by atomic mass is 35.5. The van der Waals surface area contributed by atoms with Gasteiger partial charge < -0.3 is 40.4 Å². The summed E-state index contributed by atoms with van der Waals surface area (Å²) in [5, 5.41) is 26.5. The third-order valence-electron chi connectivity index (χ3n) is 5.84. The van der Waals surface area contributed by atoms with Gasteiger partial charge in [0.1, 0.15) is 11.8 Å². The molecule has 0 saturated heterocycles. The standard InChI is InChI=1S/C28H28ClN3O9/c1-39-22-11-17(12-23(40-2)24(22)41-3)26(35)31-14-21(28(37)38)32-27(36)19-8-7-16(10-20(19)29)25(34)30-13-15-5-4-6-18(33)9-15/h4-12,21,33H,13-14H2,1-3H3,(H,30,34)(H,31,35)(H,32,36)(H,37,38)/t21-/m0/s1. The molecule has 3 aromatic carbocycles. The Hall–Kier alpha value is -4.97. The van der Waals surface area contributed by atoms with Crippen molar-refractivity contribution in [2.75, 3.05) is 27.9 Å². The molecule has 3 amide bonds. The molecule has 0 aliphatic heterocycles. The molecule has 5 N–H and O–H groups in total. The van der Waals surface area contributed by atoms with E-state index in [1.54, 1.807) is 12.1 Å². The maximum atomic E-state index is 12.8. The van der Waals surface area contributed by atoms with Crippen molar-refractivity contribution in [3.8, 4) is 23.0 Å². The van der Waals surface area contributed by atoms with Gasteiger partial charge in [0, 0.05) is 24.2 Å². The second-order valence-electron chi connectivity index (χ2n) is 8.54. The molecule has 0 aliphatic rings. The van der Waals surface area contributed by atoms with Crippen molar-refractivity contribution in [3.63, 3.8) is 0 Å². The van der Waals surface area contributed by atoms with Gasteiger partial charge in [-0.25, -0.2) is 4.79 Å². The molecular weight excluding hydrogens is 558 g/mol. The van der Waals surface area contributed by atoms with Gasteiger partial charge in [0.15, 0.2) is 11.5 Å². The third-order valence-corrected chi connectivity index (χ3v) is 6.15. The van der Waals surface area contributed by atoms with Gasteiger partial charge in [0.05, 0.1) is 31.9 Å². The second kappa shape index (κ2) is 13.9. The van der Waals surface area contributed by atoms with E-state index in [9.17, 15) is 29.4 Å². The highest BCUT2D eigenvalue weighted by molar-refractivity contribution is 6.34. The lowest BCUT2D eigenvalue weighted by molar-refractivity contribution is -0.139. The first kappa shape index (κ1) is 30.6. The first-order chi connectivity index (χ1) is 19.6. The molecule has 0 aromatic heterocycles. The molecule has 3 aromatic rings. The van der Waals surface area contributed by atoms with E-state index in [0.29, 0.717) is 5.56 Å². The first-order valence-electron chi connectivity index (χ1n) is 12.1. The number of aliphatic carboxylic acids is 1. The topological polar surface area (TPSA) is 173 Å². The van der Waals surface area contributed by atoms with E-state index in [0.717, 1.165) is 0 Å². The molecule has 12 nitrogen and oxygen atoms in total. The molecular formula is C28H28ClN3O9. The number of carboxylic acids is 1. The molecule has 41 heavy (non-hydrogen) atoms. The number of hydrogen-bond donors (Lipinski definition) is 5. The second-order valence-corrected chi connectivity index (χ2v) is 8.94. The number of methoxy groups -OCH3 is 3. The fourth-order valence-corrected chi connectivity index (χ4v) is 4.00. The van der Waals surface area contributed by atoms with E-state index in [4.69, 9.17) is 25.8 Å². The first-order valence-corrected chi connectivity index (χ1v) is 12.4. The monoisotopic (exact) mass is 585 g/mol. The fraction of sp³-hybridized carbons (Fsp3) is 0.214. The maximum Gasteiger partial charge on any atom is 0.328 e. The zero-order valence-electron chi connectivity index (χ0n) is 22.3. The number of benzene rings is 3. The largest absolute Gasteiger partial charge is 0.508 e. The van der Waals surface area contributed by atoms with Crippen LogP contribution >= 0.6 is 11.6 Å². The zero-order chi connectivity index (χ0) is 30.1. The molecule has 0 saturated carbocycles. The SMILES string of the molecule is COc1cc(C(=O)NC[C@H](NC(=O)c2ccc(C(=O)NCc3cccc(O)c3)cc2Cl)C(=O)O)cc(OC)c1OC. The Morgan fingerprint density at radius 2 is 1.49 bits per heavy atom. The van der Waals surface area contributed by atoms with Gasteiger partial charge in [-0.2, -0.15) is 0 Å². The minimum atomic E-state index is -1.50. The highest BCUT2D eigenvalue weighted by Crippen LogP contribution is 2.38. The van der Waals surface area contributed by atoms with Crippen LogP contribution in [0.3, 0.4) is 0 Å². The van der Waals surface area contributed by atoms with Gasteiger partial charge in [-0.3, -0.25) is 14.4 Å². The molecule has 3 rings (SSSR count). The number of rotatable bonds is 12. The summed E-state index contributed by atoms with van der Waals surface area (Å²) in [6.45, 7) is -0.307. The third kappa shape index (κ3) is 7.79. The van der Waals surface area contributed by atoms with E-state index < -0.39 is 36.3 Å². The Kier molecular flexibility index (Phi) is 10.4. The lowest BCUT2D eigenvalue weighted by atomic mass is 10.1. The summed E-state index contributed by atoms with van der Waals surface area (Å²) in [5.74, 6) is -2.55. The molecule has 0 fully saturated rings. The summed E-state index contributed by atoms with van der Waals surface area (Å²) in [6, 6.07) is 11.6. The lowest BCUT2D eigenvalue weighted by Gasteiger charge is -2.17. The maximum absolute atomic E-state index is 12.8. The molecule has 0 bridgehead atoms. The van der Waals surface area contributed by atoms with Crippen molar-refractivity contribution in [3.05, 3.63) is 81.9 Å². The Morgan fingerprint density at radius 1 is 0.829 bits per heavy atom. The van der Waals surface area contributed by atoms with E-state index in [-0.39, 0.29) is 51.3 Å². The van der Waals surface area contributed by atoms with Crippen LogP contribution in [0, 0.1) is 0 Å². The van der Waals surface area contributed by atoms with Gasteiger partial charge in [0.2, 0.25) is 5.75 Å². The number of phenols is 1. The molecule has 0 unspecified atom stereocenters. The van der Waals surface area contributed by atoms with Gasteiger partial charge >= 0.3 is 5.97 Å². The number of phenolic OH excluding ortho intramolecular Hbond substituents is 1. The summed E-state index contributed by atoms with van der Waals surface area (Å²) >= 11 is 6.23. The number of carboxylic acid groups (broad SMARTS) is 1. The highest BCUT2D eigenvalue weighted by Gasteiger charge is 2.24. The van der Waals surface area contributed by atoms with Gasteiger partial charge in [0.25, 0.3) is 17.7 Å². The van der Waals surface area contributed by atoms with Crippen LogP contribution in [0.1, 0.15) is 36.6 Å². The summed E-state index contributed by atoms with van der Waals surface area (Å²) < 4.78 is 15.7. The normalized spacial score (nSPS) is 11.1.